The van der Waals surface area contributed by atoms with Crippen LogP contribution in [0.5, 0.6) is 0 Å². The number of nitrogens with zero attached hydrogens (tertiary/aromatic N) is 4. The number of aryl methyl sites for hydroxylation is 1. The molecule has 4 heterocycles. The van der Waals surface area contributed by atoms with E-state index in [1.54, 1.807) is 23.0 Å². The molecule has 1 saturated carbocycles. The van der Waals surface area contributed by atoms with E-state index in [2.05, 4.69) is 30.9 Å². The van der Waals surface area contributed by atoms with Crippen LogP contribution in [0.3, 0.4) is 0 Å². The van der Waals surface area contributed by atoms with E-state index in [1.807, 2.05) is 19.9 Å². The highest BCUT2D eigenvalue weighted by Gasteiger charge is 2.44. The van der Waals surface area contributed by atoms with Crippen LogP contribution in [-0.4, -0.2) is 55.3 Å². The van der Waals surface area contributed by atoms with Crippen molar-refractivity contribution >= 4 is 23.2 Å². The van der Waals surface area contributed by atoms with Gasteiger partial charge in [0.25, 0.3) is 0 Å². The van der Waals surface area contributed by atoms with Crippen LogP contribution in [0.4, 0.5) is 20.8 Å². The first-order valence-electron chi connectivity index (χ1n) is 9.78. The number of fused-ring (bicyclic) bond motifs is 1. The molecule has 1 aliphatic heterocycles. The number of halogens is 1. The lowest BCUT2D eigenvalue weighted by atomic mass is 10.1. The normalized spacial score (nSPS) is 24.7. The molecule has 3 aromatic heterocycles. The number of amides is 1. The average Bonchev–Trinajstić information content (AvgIpc) is 3.03. The molecule has 2 aliphatic rings. The summed E-state index contributed by atoms with van der Waals surface area (Å²) in [6.45, 7) is 3.80. The summed E-state index contributed by atoms with van der Waals surface area (Å²) in [5.41, 5.74) is 1.88. The van der Waals surface area contributed by atoms with Crippen LogP contribution in [-0.2, 0) is 9.47 Å². The van der Waals surface area contributed by atoms with Gasteiger partial charge in [-0.3, -0.25) is 5.10 Å². The summed E-state index contributed by atoms with van der Waals surface area (Å²) in [6, 6.07) is 3.55. The Kier molecular flexibility index (Phi) is 4.35. The fourth-order valence-corrected chi connectivity index (χ4v) is 3.47. The fraction of sp³-hybridized carbons (Fsp3) is 0.474. The molecule has 5 rings (SSSR count). The number of anilines is 2. The van der Waals surface area contributed by atoms with Gasteiger partial charge in [-0.1, -0.05) is 0 Å². The van der Waals surface area contributed by atoms with E-state index >= 15 is 0 Å². The van der Waals surface area contributed by atoms with Crippen LogP contribution in [0.25, 0.3) is 5.52 Å². The predicted octanol–water partition coefficient (Wildman–Crippen LogP) is 2.56. The number of ether oxygens (including phenoxy) is 2. The van der Waals surface area contributed by atoms with Crippen LogP contribution >= 0.6 is 0 Å². The second kappa shape index (κ2) is 6.94. The molecular weight excluding hydrogens is 393 g/mol. The molecule has 10 nitrogen and oxygen atoms in total. The van der Waals surface area contributed by atoms with Gasteiger partial charge in [-0.15, -0.1) is 0 Å². The summed E-state index contributed by atoms with van der Waals surface area (Å²) in [5.74, 6) is 1.04. The Morgan fingerprint density at radius 2 is 2.27 bits per heavy atom. The van der Waals surface area contributed by atoms with Crippen molar-refractivity contribution in [2.45, 2.75) is 50.6 Å². The predicted molar refractivity (Wildman–Crippen MR) is 104 cm³/mol. The molecule has 30 heavy (non-hydrogen) atoms. The number of aromatic nitrogens is 5. The number of rotatable bonds is 5. The molecule has 2 fully saturated rings. The smallest absolute Gasteiger partial charge is 0.408 e. The molecule has 3 N–H and O–H groups in total. The molecule has 11 heteroatoms. The third-order valence-corrected chi connectivity index (χ3v) is 5.41. The molecule has 0 radical (unpaired) electrons. The fourth-order valence-electron chi connectivity index (χ4n) is 3.47. The summed E-state index contributed by atoms with van der Waals surface area (Å²) in [4.78, 5) is 16.3. The van der Waals surface area contributed by atoms with Crippen LogP contribution in [0.15, 0.2) is 24.5 Å². The monoisotopic (exact) mass is 415 g/mol. The summed E-state index contributed by atoms with van der Waals surface area (Å²) < 4.78 is 27.3. The zero-order chi connectivity index (χ0) is 20.9. The van der Waals surface area contributed by atoms with Crippen molar-refractivity contribution in [3.8, 4) is 0 Å². The highest BCUT2D eigenvalue weighted by atomic mass is 19.1. The SMILES string of the molecule is Cc1cc2c(Nc3cc([C@@H]4OC[C@H](OC(=O)NC5(C)CC5)[C@@H]4F)[nH]n3)nccn2n1. The third kappa shape index (κ3) is 3.56. The van der Waals surface area contributed by atoms with Crippen LogP contribution in [0.1, 0.15) is 37.3 Å². The molecule has 0 aromatic carbocycles. The van der Waals surface area contributed by atoms with Gasteiger partial charge < -0.3 is 20.1 Å². The van der Waals surface area contributed by atoms with E-state index in [-0.39, 0.29) is 12.1 Å². The Balaban J connectivity index is 1.25. The van der Waals surface area contributed by atoms with Gasteiger partial charge >= 0.3 is 6.09 Å². The molecule has 3 atom stereocenters. The van der Waals surface area contributed by atoms with Gasteiger partial charge in [-0.2, -0.15) is 10.2 Å². The highest BCUT2D eigenvalue weighted by molar-refractivity contribution is 5.72. The van der Waals surface area contributed by atoms with E-state index in [4.69, 9.17) is 9.47 Å². The van der Waals surface area contributed by atoms with E-state index < -0.39 is 24.5 Å². The van der Waals surface area contributed by atoms with Gasteiger partial charge in [-0.25, -0.2) is 18.7 Å². The molecule has 158 valence electrons. The number of alkyl halides is 1. The maximum Gasteiger partial charge on any atom is 0.408 e. The van der Waals surface area contributed by atoms with Crippen molar-refractivity contribution < 1.29 is 18.7 Å². The van der Waals surface area contributed by atoms with E-state index in [1.165, 1.54) is 0 Å². The van der Waals surface area contributed by atoms with Gasteiger partial charge in [0.15, 0.2) is 23.9 Å². The number of hydrogen-bond donors (Lipinski definition) is 3. The minimum atomic E-state index is -1.50. The van der Waals surface area contributed by atoms with Gasteiger partial charge in [0.1, 0.15) is 11.6 Å². The van der Waals surface area contributed by atoms with Crippen molar-refractivity contribution in [2.24, 2.45) is 0 Å². The molecule has 0 bridgehead atoms. The van der Waals surface area contributed by atoms with Crippen LogP contribution in [0, 0.1) is 6.92 Å². The number of carbonyl (C=O) groups is 1. The van der Waals surface area contributed by atoms with Crippen molar-refractivity contribution in [2.75, 3.05) is 11.9 Å². The first kappa shape index (κ1) is 18.8. The minimum Gasteiger partial charge on any atom is -0.441 e. The summed E-state index contributed by atoms with van der Waals surface area (Å²) in [7, 11) is 0. The number of alkyl carbamates (subject to hydrolysis) is 1. The average molecular weight is 415 g/mol. The summed E-state index contributed by atoms with van der Waals surface area (Å²) in [6.07, 6.45) is 1.19. The Labute approximate surface area is 171 Å². The molecule has 1 aliphatic carbocycles. The molecule has 1 saturated heterocycles. The zero-order valence-electron chi connectivity index (χ0n) is 16.6. The molecule has 0 unspecified atom stereocenters. The summed E-state index contributed by atoms with van der Waals surface area (Å²) in [5, 5.41) is 17.2. The van der Waals surface area contributed by atoms with Gasteiger partial charge in [-0.05, 0) is 32.8 Å². The van der Waals surface area contributed by atoms with Crippen LogP contribution in [0.2, 0.25) is 0 Å². The largest absolute Gasteiger partial charge is 0.441 e. The first-order chi connectivity index (χ1) is 14.4. The molecule has 0 spiro atoms. The van der Waals surface area contributed by atoms with Gasteiger partial charge in [0.2, 0.25) is 0 Å². The topological polar surface area (TPSA) is 118 Å². The molecule has 3 aromatic rings. The molecular formula is C19H22FN7O3. The number of carbonyl (C=O) groups excluding carboxylic acids is 1. The quantitative estimate of drug-likeness (QED) is 0.586. The Morgan fingerprint density at radius 1 is 1.43 bits per heavy atom. The lowest BCUT2D eigenvalue weighted by Gasteiger charge is -2.17. The highest BCUT2D eigenvalue weighted by Crippen LogP contribution is 2.36. The lowest BCUT2D eigenvalue weighted by molar-refractivity contribution is 0.0604. The minimum absolute atomic E-state index is 0.0201. The number of aromatic amines is 1. The van der Waals surface area contributed by atoms with Gasteiger partial charge in [0, 0.05) is 24.0 Å². The second-order valence-corrected chi connectivity index (χ2v) is 8.05. The Bertz CT molecular complexity index is 1090. The van der Waals surface area contributed by atoms with Crippen molar-refractivity contribution in [1.82, 2.24) is 30.1 Å². The number of nitrogens with one attached hydrogen (secondary N) is 3. The Morgan fingerprint density at radius 3 is 3.07 bits per heavy atom. The van der Waals surface area contributed by atoms with Crippen molar-refractivity contribution in [3.05, 3.63) is 35.9 Å². The van der Waals surface area contributed by atoms with Crippen LogP contribution < -0.4 is 10.6 Å². The zero-order valence-corrected chi connectivity index (χ0v) is 16.6. The molecule has 1 amide bonds. The maximum absolute atomic E-state index is 14.9. The lowest BCUT2D eigenvalue weighted by Crippen LogP contribution is -2.39. The Hall–Kier alpha value is -3.21. The standard InChI is InChI=1S/C19H22FN7O3/c1-10-7-12-17(21-5-6-27(12)26-10)22-14-8-11(24-25-14)16-15(20)13(9-29-16)30-18(28)23-19(2)3-4-19/h5-8,13,15-16H,3-4,9H2,1-2H3,(H,23,28)(H2,21,22,24,25)/t13-,15-,16-/m0/s1. The van der Waals surface area contributed by atoms with E-state index in [0.29, 0.717) is 17.3 Å². The van der Waals surface area contributed by atoms with Crippen molar-refractivity contribution in [3.63, 3.8) is 0 Å². The number of H-pyrrole nitrogens is 1. The van der Waals surface area contributed by atoms with E-state index in [0.717, 1.165) is 24.1 Å². The second-order valence-electron chi connectivity index (χ2n) is 8.05. The number of hydrogen-bond acceptors (Lipinski definition) is 7. The first-order valence-corrected chi connectivity index (χ1v) is 9.78. The van der Waals surface area contributed by atoms with Crippen molar-refractivity contribution in [1.29, 1.82) is 0 Å². The third-order valence-electron chi connectivity index (χ3n) is 5.41. The van der Waals surface area contributed by atoms with E-state index in [9.17, 15) is 9.18 Å². The van der Waals surface area contributed by atoms with Gasteiger partial charge in [0.05, 0.1) is 18.0 Å². The maximum atomic E-state index is 14.9. The summed E-state index contributed by atoms with van der Waals surface area (Å²) >= 11 is 0.